The molecule has 1 fully saturated rings. The smallest absolute Gasteiger partial charge is 0.135 e. The molecule has 3 nitrogen and oxygen atoms in total. The van der Waals surface area contributed by atoms with E-state index in [2.05, 4.69) is 42.5 Å². The molecule has 0 saturated carbocycles. The predicted molar refractivity (Wildman–Crippen MR) is 67.1 cm³/mol. The summed E-state index contributed by atoms with van der Waals surface area (Å²) in [6.07, 6.45) is 0. The highest BCUT2D eigenvalue weighted by Crippen LogP contribution is 2.37. The van der Waals surface area contributed by atoms with Crippen molar-refractivity contribution in [1.82, 2.24) is 10.6 Å². The summed E-state index contributed by atoms with van der Waals surface area (Å²) in [5.74, 6) is 0.311. The van der Waals surface area contributed by atoms with Gasteiger partial charge in [-0.15, -0.1) is 0 Å². The zero-order valence-corrected chi connectivity index (χ0v) is 11.2. The monoisotopic (exact) mass is 334 g/mol. The summed E-state index contributed by atoms with van der Waals surface area (Å²) in [7, 11) is 0. The Morgan fingerprint density at radius 3 is 2.60 bits per heavy atom. The topological polar surface area (TPSA) is 44.3 Å². The maximum Gasteiger partial charge on any atom is 0.135 e. The second kappa shape index (κ2) is 4.82. The number of aromatic hydroxyl groups is 1. The fourth-order valence-corrected chi connectivity index (χ4v) is 2.69. The van der Waals surface area contributed by atoms with Crippen LogP contribution in [0.2, 0.25) is 0 Å². The number of phenolic OH excluding ortho intramolecular Hbond substituents is 1. The molecule has 0 aliphatic carbocycles. The van der Waals surface area contributed by atoms with E-state index in [4.69, 9.17) is 0 Å². The van der Waals surface area contributed by atoms with Gasteiger partial charge in [0.1, 0.15) is 5.75 Å². The normalized spacial score (nSPS) is 21.6. The van der Waals surface area contributed by atoms with E-state index >= 15 is 0 Å². The minimum atomic E-state index is 0.158. The Balaban J connectivity index is 2.36. The van der Waals surface area contributed by atoms with Crippen LogP contribution in [0.4, 0.5) is 0 Å². The molecule has 0 aromatic heterocycles. The molecule has 0 spiro atoms. The second-order valence-electron chi connectivity index (χ2n) is 3.50. The van der Waals surface area contributed by atoms with E-state index in [1.54, 1.807) is 0 Å². The molecule has 1 aromatic carbocycles. The molecule has 1 aliphatic rings. The van der Waals surface area contributed by atoms with Crippen molar-refractivity contribution >= 4 is 31.9 Å². The second-order valence-corrected chi connectivity index (χ2v) is 5.21. The summed E-state index contributed by atoms with van der Waals surface area (Å²) in [4.78, 5) is 0. The summed E-state index contributed by atoms with van der Waals surface area (Å²) in [6.45, 7) is 2.73. The average molecular weight is 336 g/mol. The predicted octanol–water partition coefficient (Wildman–Crippen LogP) is 2.15. The van der Waals surface area contributed by atoms with Crippen LogP contribution in [0, 0.1) is 0 Å². The molecule has 1 aliphatic heterocycles. The van der Waals surface area contributed by atoms with Gasteiger partial charge in [-0.1, -0.05) is 15.9 Å². The van der Waals surface area contributed by atoms with Crippen LogP contribution >= 0.6 is 31.9 Å². The number of nitrogens with one attached hydrogen (secondary N) is 2. The largest absolute Gasteiger partial charge is 0.506 e. The van der Waals surface area contributed by atoms with E-state index in [-0.39, 0.29) is 6.04 Å². The standard InChI is InChI=1S/C10H12Br2N2O/c11-6-1-2-7(12)10(15)9(6)8-5-13-3-4-14-8/h1-2,8,13-15H,3-5H2/t8-/m0/s1. The van der Waals surface area contributed by atoms with Gasteiger partial charge in [-0.25, -0.2) is 0 Å². The molecule has 15 heavy (non-hydrogen) atoms. The van der Waals surface area contributed by atoms with Crippen molar-refractivity contribution in [2.45, 2.75) is 6.04 Å². The molecule has 0 unspecified atom stereocenters. The molecule has 82 valence electrons. The van der Waals surface area contributed by atoms with Crippen LogP contribution in [0.1, 0.15) is 11.6 Å². The first kappa shape index (κ1) is 11.4. The SMILES string of the molecule is Oc1c(Br)ccc(Br)c1[C@@H]1CNCCN1. The van der Waals surface area contributed by atoms with Gasteiger partial charge in [0.05, 0.1) is 4.47 Å². The number of hydrogen-bond donors (Lipinski definition) is 3. The number of rotatable bonds is 1. The van der Waals surface area contributed by atoms with Crippen LogP contribution in [0.3, 0.4) is 0 Å². The number of phenols is 1. The lowest BCUT2D eigenvalue weighted by atomic mass is 10.0. The van der Waals surface area contributed by atoms with Crippen molar-refractivity contribution in [1.29, 1.82) is 0 Å². The first-order valence-electron chi connectivity index (χ1n) is 4.81. The maximum atomic E-state index is 9.99. The Morgan fingerprint density at radius 2 is 1.93 bits per heavy atom. The van der Waals surface area contributed by atoms with Crippen molar-refractivity contribution in [3.63, 3.8) is 0 Å². The molecule has 1 heterocycles. The highest BCUT2D eigenvalue weighted by atomic mass is 79.9. The summed E-state index contributed by atoms with van der Waals surface area (Å²) < 4.78 is 1.66. The Labute approximate surface area is 106 Å². The van der Waals surface area contributed by atoms with E-state index in [0.29, 0.717) is 5.75 Å². The van der Waals surface area contributed by atoms with Crippen molar-refractivity contribution < 1.29 is 5.11 Å². The van der Waals surface area contributed by atoms with Gasteiger partial charge in [-0.2, -0.15) is 0 Å². The lowest BCUT2D eigenvalue weighted by molar-refractivity contribution is 0.402. The van der Waals surface area contributed by atoms with Gasteiger partial charge in [0.15, 0.2) is 0 Å². The van der Waals surface area contributed by atoms with Gasteiger partial charge >= 0.3 is 0 Å². The van der Waals surface area contributed by atoms with Crippen LogP contribution in [0.25, 0.3) is 0 Å². The van der Waals surface area contributed by atoms with Gasteiger partial charge in [-0.3, -0.25) is 0 Å². The highest BCUT2D eigenvalue weighted by molar-refractivity contribution is 9.11. The number of piperazine rings is 1. The Kier molecular flexibility index (Phi) is 3.66. The number of halogens is 2. The van der Waals surface area contributed by atoms with Crippen molar-refractivity contribution in [3.05, 3.63) is 26.6 Å². The molecule has 0 radical (unpaired) electrons. The average Bonchev–Trinajstić information content (AvgIpc) is 2.26. The van der Waals surface area contributed by atoms with E-state index in [1.807, 2.05) is 12.1 Å². The van der Waals surface area contributed by atoms with Gasteiger partial charge in [0.2, 0.25) is 0 Å². The molecule has 5 heteroatoms. The molecule has 0 amide bonds. The lowest BCUT2D eigenvalue weighted by Crippen LogP contribution is -2.42. The Hall–Kier alpha value is -0.100. The summed E-state index contributed by atoms with van der Waals surface area (Å²) >= 11 is 6.80. The molecule has 1 atom stereocenters. The molecule has 1 aromatic rings. The van der Waals surface area contributed by atoms with Crippen LogP contribution in [0.5, 0.6) is 5.75 Å². The van der Waals surface area contributed by atoms with Gasteiger partial charge < -0.3 is 15.7 Å². The van der Waals surface area contributed by atoms with Crippen LogP contribution in [0.15, 0.2) is 21.1 Å². The zero-order chi connectivity index (χ0) is 10.8. The highest BCUT2D eigenvalue weighted by Gasteiger charge is 2.21. The molecule has 3 N–H and O–H groups in total. The van der Waals surface area contributed by atoms with Gasteiger partial charge in [0.25, 0.3) is 0 Å². The van der Waals surface area contributed by atoms with E-state index < -0.39 is 0 Å². The third-order valence-corrected chi connectivity index (χ3v) is 3.84. The van der Waals surface area contributed by atoms with Crippen molar-refractivity contribution in [2.24, 2.45) is 0 Å². The van der Waals surface area contributed by atoms with Gasteiger partial charge in [-0.05, 0) is 28.1 Å². The van der Waals surface area contributed by atoms with Crippen LogP contribution in [-0.2, 0) is 0 Å². The lowest BCUT2D eigenvalue weighted by Gasteiger charge is -2.26. The van der Waals surface area contributed by atoms with Crippen LogP contribution < -0.4 is 10.6 Å². The summed E-state index contributed by atoms with van der Waals surface area (Å²) in [6, 6.07) is 3.93. The molecular weight excluding hydrogens is 324 g/mol. The van der Waals surface area contributed by atoms with Crippen LogP contribution in [-0.4, -0.2) is 24.7 Å². The van der Waals surface area contributed by atoms with Crippen molar-refractivity contribution in [3.8, 4) is 5.75 Å². The fraction of sp³-hybridized carbons (Fsp3) is 0.400. The van der Waals surface area contributed by atoms with Crippen molar-refractivity contribution in [2.75, 3.05) is 19.6 Å². The molecule has 1 saturated heterocycles. The number of benzene rings is 1. The minimum Gasteiger partial charge on any atom is -0.506 e. The third-order valence-electron chi connectivity index (χ3n) is 2.50. The quantitative estimate of drug-likeness (QED) is 0.737. The first-order chi connectivity index (χ1) is 7.20. The molecular formula is C10H12Br2N2O. The minimum absolute atomic E-state index is 0.158. The van der Waals surface area contributed by atoms with Gasteiger partial charge in [0, 0.05) is 35.7 Å². The third kappa shape index (κ3) is 2.36. The summed E-state index contributed by atoms with van der Waals surface area (Å²) in [5.41, 5.74) is 0.913. The fourth-order valence-electron chi connectivity index (χ4n) is 1.75. The van der Waals surface area contributed by atoms with E-state index in [1.165, 1.54) is 0 Å². The summed E-state index contributed by atoms with van der Waals surface area (Å²) in [5, 5.41) is 16.7. The Morgan fingerprint density at radius 1 is 1.20 bits per heavy atom. The molecule has 2 rings (SSSR count). The van der Waals surface area contributed by atoms with E-state index in [0.717, 1.165) is 34.1 Å². The number of hydrogen-bond acceptors (Lipinski definition) is 3. The first-order valence-corrected chi connectivity index (χ1v) is 6.39. The maximum absolute atomic E-state index is 9.99. The van der Waals surface area contributed by atoms with E-state index in [9.17, 15) is 5.11 Å². The molecule has 0 bridgehead atoms. The Bertz CT molecular complexity index is 365. The zero-order valence-electron chi connectivity index (χ0n) is 8.06.